The molecule has 0 saturated carbocycles. The van der Waals surface area contributed by atoms with Crippen LogP contribution in [0.2, 0.25) is 0 Å². The van der Waals surface area contributed by atoms with E-state index in [1.807, 2.05) is 0 Å². The maximum Gasteiger partial charge on any atom is 0.0468 e. The zero-order valence-corrected chi connectivity index (χ0v) is 64.3. The molecule has 0 saturated heterocycles. The van der Waals surface area contributed by atoms with Gasteiger partial charge in [-0.3, -0.25) is 0 Å². The molecule has 0 aliphatic heterocycles. The number of fused-ring (bicyclic) bond motifs is 22. The summed E-state index contributed by atoms with van der Waals surface area (Å²) in [5.41, 5.74) is 34.4. The summed E-state index contributed by atoms with van der Waals surface area (Å²) >= 11 is 0. The monoisotopic (exact) mass is 1400 g/mol. The van der Waals surface area contributed by atoms with Crippen molar-refractivity contribution < 1.29 is 0 Å². The first-order chi connectivity index (χ1) is 52.6. The number of benzene rings is 17. The van der Waals surface area contributed by atoms with E-state index in [2.05, 4.69) is 396 Å². The third-order valence-corrected chi connectivity index (χ3v) is 26.2. The van der Waals surface area contributed by atoms with Crippen LogP contribution in [0, 0.1) is 6.92 Å². The van der Waals surface area contributed by atoms with Gasteiger partial charge in [-0.05, 0) is 279 Å². The van der Waals surface area contributed by atoms with Crippen molar-refractivity contribution >= 4 is 98.8 Å². The van der Waals surface area contributed by atoms with Crippen molar-refractivity contribution in [2.45, 2.75) is 110 Å². The Balaban J connectivity index is 0.855. The lowest BCUT2D eigenvalue weighted by molar-refractivity contribution is 0.590. The Morgan fingerprint density at radius 2 is 0.505 bits per heavy atom. The van der Waals surface area contributed by atoms with E-state index < -0.39 is 0 Å². The molecule has 0 spiro atoms. The van der Waals surface area contributed by atoms with Gasteiger partial charge in [-0.25, -0.2) is 0 Å². The highest BCUT2D eigenvalue weighted by Gasteiger charge is 2.42. The molecule has 109 heavy (non-hydrogen) atoms. The smallest absolute Gasteiger partial charge is 0.0468 e. The lowest BCUT2D eigenvalue weighted by atomic mass is 9.79. The van der Waals surface area contributed by atoms with Crippen LogP contribution in [0.15, 0.2) is 303 Å². The topological polar surface area (TPSA) is 6.48 Å². The first-order valence-corrected chi connectivity index (χ1v) is 39.1. The molecule has 2 heteroatoms. The van der Waals surface area contributed by atoms with Crippen LogP contribution >= 0.6 is 0 Å². The van der Waals surface area contributed by atoms with Crippen LogP contribution in [0.1, 0.15) is 132 Å². The van der Waals surface area contributed by atoms with Gasteiger partial charge in [-0.2, -0.15) is 0 Å². The van der Waals surface area contributed by atoms with Gasteiger partial charge >= 0.3 is 0 Å². The van der Waals surface area contributed by atoms with Crippen LogP contribution in [0.5, 0.6) is 0 Å². The second-order valence-electron chi connectivity index (χ2n) is 34.8. The lowest BCUT2D eigenvalue weighted by Gasteiger charge is -2.30. The summed E-state index contributed by atoms with van der Waals surface area (Å²) in [6.07, 6.45) is 0. The molecule has 0 atom stereocenters. The van der Waals surface area contributed by atoms with Gasteiger partial charge in [0.1, 0.15) is 0 Å². The van der Waals surface area contributed by atoms with Crippen molar-refractivity contribution in [3.63, 3.8) is 0 Å². The maximum atomic E-state index is 2.58. The summed E-state index contributed by atoms with van der Waals surface area (Å²) in [6, 6.07) is 118. The zero-order chi connectivity index (χ0) is 74.1. The van der Waals surface area contributed by atoms with Crippen molar-refractivity contribution in [3.8, 4) is 66.8 Å². The molecule has 17 aromatic rings. The van der Waals surface area contributed by atoms with Crippen LogP contribution in [-0.2, 0) is 27.1 Å². The Morgan fingerprint density at radius 3 is 0.844 bits per heavy atom. The van der Waals surface area contributed by atoms with Crippen LogP contribution in [-0.4, -0.2) is 0 Å². The van der Waals surface area contributed by atoms with Crippen molar-refractivity contribution in [2.24, 2.45) is 0 Å². The summed E-state index contributed by atoms with van der Waals surface area (Å²) in [6.45, 7) is 28.6. The Bertz CT molecular complexity index is 6820. The van der Waals surface area contributed by atoms with Gasteiger partial charge in [-0.1, -0.05) is 300 Å². The molecule has 0 aromatic heterocycles. The molecule has 21 rings (SSSR count). The highest BCUT2D eigenvalue weighted by atomic mass is 15.1. The van der Waals surface area contributed by atoms with E-state index in [0.717, 1.165) is 34.1 Å². The molecule has 0 heterocycles. The highest BCUT2D eigenvalue weighted by Crippen LogP contribution is 2.60. The van der Waals surface area contributed by atoms with Crippen LogP contribution in [0.25, 0.3) is 131 Å². The van der Waals surface area contributed by atoms with E-state index in [9.17, 15) is 0 Å². The Labute approximate surface area is 640 Å². The van der Waals surface area contributed by atoms with Crippen molar-refractivity contribution in [2.75, 3.05) is 9.80 Å². The zero-order valence-electron chi connectivity index (χ0n) is 64.3. The number of rotatable bonds is 8. The lowest BCUT2D eigenvalue weighted by Crippen LogP contribution is -2.17. The van der Waals surface area contributed by atoms with Crippen molar-refractivity contribution in [3.05, 3.63) is 359 Å². The molecule has 17 aromatic carbocycles. The third-order valence-electron chi connectivity index (χ3n) is 26.2. The molecular formula is C107H86N2. The van der Waals surface area contributed by atoms with E-state index in [1.54, 1.807) is 0 Å². The van der Waals surface area contributed by atoms with E-state index in [4.69, 9.17) is 0 Å². The summed E-state index contributed by atoms with van der Waals surface area (Å²) in [5, 5.41) is 15.1. The first kappa shape index (κ1) is 65.2. The minimum Gasteiger partial charge on any atom is -0.310 e. The van der Waals surface area contributed by atoms with Crippen molar-refractivity contribution in [1.29, 1.82) is 0 Å². The first-order valence-electron chi connectivity index (χ1n) is 39.1. The molecule has 0 radical (unpaired) electrons. The molecule has 524 valence electrons. The molecule has 0 unspecified atom stereocenters. The summed E-state index contributed by atoms with van der Waals surface area (Å²) in [5.74, 6) is 0. The Morgan fingerprint density at radius 1 is 0.220 bits per heavy atom. The van der Waals surface area contributed by atoms with Crippen LogP contribution in [0.4, 0.5) is 34.1 Å². The second-order valence-corrected chi connectivity index (χ2v) is 34.8. The van der Waals surface area contributed by atoms with Gasteiger partial charge < -0.3 is 9.80 Å². The Hall–Kier alpha value is -12.1. The number of nitrogens with zero attached hydrogens (tertiary/aromatic N) is 2. The summed E-state index contributed by atoms with van der Waals surface area (Å²) < 4.78 is 0. The van der Waals surface area contributed by atoms with Crippen molar-refractivity contribution in [1.82, 2.24) is 0 Å². The van der Waals surface area contributed by atoms with E-state index in [0.29, 0.717) is 0 Å². The summed E-state index contributed by atoms with van der Waals surface area (Å²) in [4.78, 5) is 5.08. The molecule has 4 aliphatic carbocycles. The summed E-state index contributed by atoms with van der Waals surface area (Å²) in [7, 11) is 0. The average Bonchev–Trinajstić information content (AvgIpc) is 1.68. The Kier molecular flexibility index (Phi) is 13.7. The third kappa shape index (κ3) is 9.40. The minimum absolute atomic E-state index is 0.0373. The maximum absolute atomic E-state index is 2.58. The second kappa shape index (κ2) is 23.0. The van der Waals surface area contributed by atoms with Gasteiger partial charge in [-0.15, -0.1) is 0 Å². The molecule has 0 amide bonds. The van der Waals surface area contributed by atoms with Crippen LogP contribution in [0.3, 0.4) is 0 Å². The van der Waals surface area contributed by atoms with E-state index in [-0.39, 0.29) is 27.1 Å². The fourth-order valence-electron chi connectivity index (χ4n) is 20.4. The standard InChI is InChI=1S/C107H86N2/c1-63-29-39-71(40-30-63)108(75-45-51-85-95(61-75)106(9,10)91-55-35-66-23-15-19-27-79(66)101(85)91)73-43-49-81-87(59-73)97(68-31-47-83-93(57-68)104(5,6)89-53-33-64-21-13-17-25-77(64)99(83)89)82-50-44-74(60-88(82)98(81)69-32-48-84-94(58-69)105(7,8)90-54-34-65-22-14-18-26-78(65)100(84)90)109(72-41-37-70(38-42-72)103(2,3)4)76-46-52-86-96(62-76)107(11,12)92-56-36-67-24-16-20-28-80(67)102(86)92/h13-62H,1-12H3. The van der Waals surface area contributed by atoms with E-state index in [1.165, 1.54) is 187 Å². The normalized spacial score (nSPS) is 14.9. The van der Waals surface area contributed by atoms with Crippen LogP contribution < -0.4 is 9.80 Å². The predicted octanol–water partition coefficient (Wildman–Crippen LogP) is 29.7. The predicted molar refractivity (Wildman–Crippen MR) is 465 cm³/mol. The molecular weight excluding hydrogens is 1310 g/mol. The number of hydrogen-bond acceptors (Lipinski definition) is 2. The SMILES string of the molecule is Cc1ccc(N(c2ccc3c(c2)C(C)(C)c2ccc4ccccc4c2-3)c2ccc3c(-c4ccc5c(c4)C(C)(C)c4ccc6ccccc6c4-5)c4cc(N(c5ccc(C(C)(C)C)cc5)c5ccc6c(c5)C(C)(C)c5ccc7ccccc7c5-6)ccc4c(-c4ccc5c(c4)C(C)(C)c4ccc6ccccc6c4-5)c3c2)cc1. The van der Waals surface area contributed by atoms with Gasteiger partial charge in [0.15, 0.2) is 0 Å². The van der Waals surface area contributed by atoms with Gasteiger partial charge in [0.2, 0.25) is 0 Å². The fourth-order valence-corrected chi connectivity index (χ4v) is 20.4. The average molecular weight is 1400 g/mol. The molecule has 0 bridgehead atoms. The molecule has 2 nitrogen and oxygen atoms in total. The van der Waals surface area contributed by atoms with E-state index >= 15 is 0 Å². The molecule has 0 fully saturated rings. The minimum atomic E-state index is -0.286. The van der Waals surface area contributed by atoms with Gasteiger partial charge in [0.25, 0.3) is 0 Å². The number of aryl methyl sites for hydroxylation is 1. The molecule has 0 N–H and O–H groups in total. The highest BCUT2D eigenvalue weighted by molar-refractivity contribution is 6.23. The largest absolute Gasteiger partial charge is 0.310 e. The fraction of sp³-hybridized carbons (Fsp3) is 0.159. The van der Waals surface area contributed by atoms with Gasteiger partial charge in [0, 0.05) is 55.8 Å². The molecule has 4 aliphatic rings. The quantitative estimate of drug-likeness (QED) is 0.140. The number of hydrogen-bond donors (Lipinski definition) is 0. The van der Waals surface area contributed by atoms with Gasteiger partial charge in [0.05, 0.1) is 0 Å². The number of anilines is 6.